The third-order valence-electron chi connectivity index (χ3n) is 3.85. The Morgan fingerprint density at radius 2 is 1.81 bits per heavy atom. The summed E-state index contributed by atoms with van der Waals surface area (Å²) in [6.07, 6.45) is 1.68. The van der Waals surface area contributed by atoms with Crippen molar-refractivity contribution in [3.63, 3.8) is 0 Å². The second-order valence-electron chi connectivity index (χ2n) is 5.52. The number of hydrogen-bond donors (Lipinski definition) is 0. The minimum atomic E-state index is -0.177. The molecule has 26 heavy (non-hydrogen) atoms. The van der Waals surface area contributed by atoms with E-state index in [0.29, 0.717) is 35.2 Å². The first-order valence-corrected chi connectivity index (χ1v) is 8.36. The van der Waals surface area contributed by atoms with Crippen molar-refractivity contribution in [2.75, 3.05) is 27.9 Å². The maximum atomic E-state index is 13.0. The Balaban J connectivity index is 2.29. The van der Waals surface area contributed by atoms with Gasteiger partial charge in [-0.15, -0.1) is 6.58 Å². The van der Waals surface area contributed by atoms with E-state index < -0.39 is 0 Å². The van der Waals surface area contributed by atoms with Gasteiger partial charge < -0.3 is 19.1 Å². The highest BCUT2D eigenvalue weighted by atomic mass is 35.5. The van der Waals surface area contributed by atoms with Crippen molar-refractivity contribution in [1.29, 1.82) is 0 Å². The van der Waals surface area contributed by atoms with Crippen molar-refractivity contribution < 1.29 is 19.0 Å². The summed E-state index contributed by atoms with van der Waals surface area (Å²) >= 11 is 6.22. The van der Waals surface area contributed by atoms with Crippen LogP contribution < -0.4 is 14.2 Å². The van der Waals surface area contributed by atoms with Crippen molar-refractivity contribution in [1.82, 2.24) is 4.90 Å². The summed E-state index contributed by atoms with van der Waals surface area (Å²) in [5.74, 6) is 1.40. The first kappa shape index (κ1) is 19.7. The van der Waals surface area contributed by atoms with Crippen LogP contribution in [0.4, 0.5) is 0 Å². The van der Waals surface area contributed by atoms with Gasteiger partial charge in [0, 0.05) is 18.7 Å². The number of ether oxygens (including phenoxy) is 3. The first-order valence-electron chi connectivity index (χ1n) is 7.98. The number of carbonyl (C=O) groups is 1. The Hall–Kier alpha value is -2.66. The van der Waals surface area contributed by atoms with Gasteiger partial charge in [0.05, 0.1) is 26.4 Å². The van der Waals surface area contributed by atoms with Gasteiger partial charge in [-0.25, -0.2) is 0 Å². The molecule has 6 heteroatoms. The molecule has 0 saturated heterocycles. The highest BCUT2D eigenvalue weighted by Crippen LogP contribution is 2.36. The summed E-state index contributed by atoms with van der Waals surface area (Å²) in [5.41, 5.74) is 1.40. The molecule has 0 fully saturated rings. The number of halogens is 1. The monoisotopic (exact) mass is 375 g/mol. The van der Waals surface area contributed by atoms with E-state index in [1.165, 1.54) is 14.2 Å². The maximum Gasteiger partial charge on any atom is 0.254 e. The third-order valence-corrected chi connectivity index (χ3v) is 4.13. The molecule has 0 atom stereocenters. The van der Waals surface area contributed by atoms with Crippen LogP contribution in [-0.4, -0.2) is 38.7 Å². The predicted octanol–water partition coefficient (Wildman–Crippen LogP) is 4.19. The van der Waals surface area contributed by atoms with E-state index in [9.17, 15) is 4.79 Å². The molecule has 0 N–H and O–H groups in total. The van der Waals surface area contributed by atoms with Gasteiger partial charge in [-0.05, 0) is 29.8 Å². The zero-order chi connectivity index (χ0) is 19.1. The number of methoxy groups -OCH3 is 3. The van der Waals surface area contributed by atoms with E-state index in [2.05, 4.69) is 6.58 Å². The van der Waals surface area contributed by atoms with E-state index in [-0.39, 0.29) is 5.91 Å². The van der Waals surface area contributed by atoms with Gasteiger partial charge in [0.25, 0.3) is 5.91 Å². The molecule has 0 saturated carbocycles. The molecule has 138 valence electrons. The smallest absolute Gasteiger partial charge is 0.254 e. The molecule has 0 aliphatic heterocycles. The average molecular weight is 376 g/mol. The number of carbonyl (C=O) groups excluding carboxylic acids is 1. The van der Waals surface area contributed by atoms with Gasteiger partial charge in [-0.2, -0.15) is 0 Å². The summed E-state index contributed by atoms with van der Waals surface area (Å²) < 4.78 is 15.7. The fraction of sp³-hybridized carbons (Fsp3) is 0.250. The molecule has 0 bridgehead atoms. The molecule has 5 nitrogen and oxygen atoms in total. The summed E-state index contributed by atoms with van der Waals surface area (Å²) in [6, 6.07) is 10.8. The van der Waals surface area contributed by atoms with Crippen molar-refractivity contribution in [3.05, 3.63) is 65.2 Å². The fourth-order valence-electron chi connectivity index (χ4n) is 2.55. The van der Waals surface area contributed by atoms with Crippen LogP contribution in [0.25, 0.3) is 0 Å². The topological polar surface area (TPSA) is 48.0 Å². The number of hydrogen-bond acceptors (Lipinski definition) is 4. The highest BCUT2D eigenvalue weighted by Gasteiger charge is 2.20. The van der Waals surface area contributed by atoms with E-state index in [4.69, 9.17) is 25.8 Å². The standard InChI is InChI=1S/C20H22ClNO4/c1-5-10-22(13-14-6-8-16(24-2)9-7-14)20(23)15-11-17(21)19(26-4)18(12-15)25-3/h5-9,11-12H,1,10,13H2,2-4H3. The predicted molar refractivity (Wildman–Crippen MR) is 102 cm³/mol. The van der Waals surface area contributed by atoms with Crippen LogP contribution in [0.2, 0.25) is 5.02 Å². The first-order chi connectivity index (χ1) is 12.5. The zero-order valence-corrected chi connectivity index (χ0v) is 15.9. The van der Waals surface area contributed by atoms with Crippen LogP contribution in [0.1, 0.15) is 15.9 Å². The van der Waals surface area contributed by atoms with Crippen LogP contribution in [0, 0.1) is 0 Å². The molecule has 0 aromatic heterocycles. The van der Waals surface area contributed by atoms with E-state index in [1.807, 2.05) is 24.3 Å². The summed E-state index contributed by atoms with van der Waals surface area (Å²) in [6.45, 7) is 4.57. The molecule has 2 aromatic rings. The molecule has 1 amide bonds. The van der Waals surface area contributed by atoms with Gasteiger partial charge >= 0.3 is 0 Å². The lowest BCUT2D eigenvalue weighted by atomic mass is 10.1. The van der Waals surface area contributed by atoms with Crippen molar-refractivity contribution >= 4 is 17.5 Å². The van der Waals surface area contributed by atoms with Gasteiger partial charge in [0.2, 0.25) is 0 Å². The van der Waals surface area contributed by atoms with Crippen LogP contribution in [-0.2, 0) is 6.54 Å². The fourth-order valence-corrected chi connectivity index (χ4v) is 2.84. The molecule has 2 aromatic carbocycles. The lowest BCUT2D eigenvalue weighted by molar-refractivity contribution is 0.0762. The molecule has 0 unspecified atom stereocenters. The van der Waals surface area contributed by atoms with E-state index >= 15 is 0 Å². The lowest BCUT2D eigenvalue weighted by Gasteiger charge is -2.22. The quantitative estimate of drug-likeness (QED) is 0.649. The summed E-state index contributed by atoms with van der Waals surface area (Å²) in [5, 5.41) is 0.318. The molecule has 0 heterocycles. The van der Waals surface area contributed by atoms with E-state index in [1.54, 1.807) is 30.2 Å². The van der Waals surface area contributed by atoms with Crippen molar-refractivity contribution in [3.8, 4) is 17.2 Å². The Bertz CT molecular complexity index is 774. The average Bonchev–Trinajstić information content (AvgIpc) is 2.66. The van der Waals surface area contributed by atoms with E-state index in [0.717, 1.165) is 11.3 Å². The Kier molecular flexibility index (Phi) is 6.92. The number of nitrogens with zero attached hydrogens (tertiary/aromatic N) is 1. The largest absolute Gasteiger partial charge is 0.497 e. The second kappa shape index (κ2) is 9.15. The maximum absolute atomic E-state index is 13.0. The molecule has 0 aliphatic rings. The van der Waals surface area contributed by atoms with Crippen LogP contribution >= 0.6 is 11.6 Å². The molecule has 0 spiro atoms. The van der Waals surface area contributed by atoms with Crippen molar-refractivity contribution in [2.24, 2.45) is 0 Å². The SMILES string of the molecule is C=CCN(Cc1ccc(OC)cc1)C(=O)c1cc(Cl)c(OC)c(OC)c1. The summed E-state index contributed by atoms with van der Waals surface area (Å²) in [7, 11) is 4.61. The number of benzene rings is 2. The Labute approximate surface area is 158 Å². The van der Waals surface area contributed by atoms with Crippen LogP contribution in [0.3, 0.4) is 0 Å². The third kappa shape index (κ3) is 4.49. The molecule has 0 radical (unpaired) electrons. The van der Waals surface area contributed by atoms with Gasteiger partial charge in [-0.1, -0.05) is 29.8 Å². The van der Waals surface area contributed by atoms with Gasteiger partial charge in [0.15, 0.2) is 11.5 Å². The zero-order valence-electron chi connectivity index (χ0n) is 15.1. The molecule has 2 rings (SSSR count). The van der Waals surface area contributed by atoms with Gasteiger partial charge in [0.1, 0.15) is 5.75 Å². The Morgan fingerprint density at radius 1 is 1.12 bits per heavy atom. The Morgan fingerprint density at radius 3 is 2.35 bits per heavy atom. The normalized spacial score (nSPS) is 10.2. The number of rotatable bonds is 8. The van der Waals surface area contributed by atoms with Gasteiger partial charge in [-0.3, -0.25) is 4.79 Å². The summed E-state index contributed by atoms with van der Waals surface area (Å²) in [4.78, 5) is 14.7. The minimum absolute atomic E-state index is 0.177. The highest BCUT2D eigenvalue weighted by molar-refractivity contribution is 6.32. The van der Waals surface area contributed by atoms with Crippen LogP contribution in [0.5, 0.6) is 17.2 Å². The minimum Gasteiger partial charge on any atom is -0.497 e. The van der Waals surface area contributed by atoms with Crippen LogP contribution in [0.15, 0.2) is 49.1 Å². The number of amides is 1. The van der Waals surface area contributed by atoms with Crippen molar-refractivity contribution in [2.45, 2.75) is 6.54 Å². The lowest BCUT2D eigenvalue weighted by Crippen LogP contribution is -2.30. The molecular weight excluding hydrogens is 354 g/mol. The molecule has 0 aliphatic carbocycles. The second-order valence-corrected chi connectivity index (χ2v) is 5.92. The molecular formula is C20H22ClNO4.